The maximum absolute atomic E-state index is 12.9. The molecule has 1 aliphatic rings. The fraction of sp³-hybridized carbons (Fsp3) is 0.400. The minimum atomic E-state index is -0.00883. The highest BCUT2D eigenvalue weighted by Gasteiger charge is 2.26. The van der Waals surface area contributed by atoms with Gasteiger partial charge in [-0.25, -0.2) is 0 Å². The summed E-state index contributed by atoms with van der Waals surface area (Å²) < 4.78 is 0. The van der Waals surface area contributed by atoms with E-state index in [4.69, 9.17) is 0 Å². The topological polar surface area (TPSA) is 49.0 Å². The lowest BCUT2D eigenvalue weighted by molar-refractivity contribution is 0.0752. The largest absolute Gasteiger partial charge is 0.326 e. The summed E-state index contributed by atoms with van der Waals surface area (Å²) in [4.78, 5) is 14.7. The molecule has 0 saturated heterocycles. The number of nitrogens with one attached hydrogen (secondary N) is 1. The summed E-state index contributed by atoms with van der Waals surface area (Å²) in [6, 6.07) is 9.85. The Bertz CT molecular complexity index is 765. The highest BCUT2D eigenvalue weighted by atomic mass is 16.2. The number of benzene rings is 1. The number of carbonyl (C=O) groups excluding carboxylic acids is 1. The molecule has 124 valence electrons. The van der Waals surface area contributed by atoms with Crippen molar-refractivity contribution in [3.8, 4) is 11.8 Å². The number of hydrogen-bond donors (Lipinski definition) is 1. The zero-order valence-electron chi connectivity index (χ0n) is 14.3. The highest BCUT2D eigenvalue weighted by Crippen LogP contribution is 2.23. The van der Waals surface area contributed by atoms with Crippen LogP contribution in [0.4, 0.5) is 0 Å². The smallest absolute Gasteiger partial charge is 0.275 e. The standard InChI is InChI=1S/C20H23N3O/c1-15(2)14-23(13-7-10-16-8-4-3-5-9-16)20(24)19-17-11-6-12-18(17)21-22-19/h3-5,8-9,15H,6,11-14H2,1-2H3,(H,21,22). The molecule has 1 amide bonds. The van der Waals surface area contributed by atoms with Crippen molar-refractivity contribution in [2.45, 2.75) is 33.1 Å². The van der Waals surface area contributed by atoms with Crippen LogP contribution in [0.5, 0.6) is 0 Å². The molecule has 2 aromatic rings. The van der Waals surface area contributed by atoms with Gasteiger partial charge in [-0.3, -0.25) is 9.89 Å². The lowest BCUT2D eigenvalue weighted by Crippen LogP contribution is -2.35. The van der Waals surface area contributed by atoms with E-state index >= 15 is 0 Å². The molecule has 1 aliphatic carbocycles. The molecule has 24 heavy (non-hydrogen) atoms. The first-order valence-corrected chi connectivity index (χ1v) is 8.54. The number of carbonyl (C=O) groups is 1. The number of aryl methyl sites for hydroxylation is 1. The van der Waals surface area contributed by atoms with Crippen LogP contribution in [0, 0.1) is 17.8 Å². The molecule has 3 rings (SSSR count). The average molecular weight is 321 g/mol. The Balaban J connectivity index is 1.76. The average Bonchev–Trinajstić information content (AvgIpc) is 3.17. The van der Waals surface area contributed by atoms with Crippen molar-refractivity contribution in [3.63, 3.8) is 0 Å². The van der Waals surface area contributed by atoms with Gasteiger partial charge in [-0.2, -0.15) is 5.10 Å². The fourth-order valence-corrected chi connectivity index (χ4v) is 3.06. The predicted molar refractivity (Wildman–Crippen MR) is 94.7 cm³/mol. The Morgan fingerprint density at radius 2 is 2.08 bits per heavy atom. The van der Waals surface area contributed by atoms with Crippen LogP contribution in [0.25, 0.3) is 0 Å². The molecular formula is C20H23N3O. The molecule has 1 N–H and O–H groups in total. The van der Waals surface area contributed by atoms with Crippen molar-refractivity contribution >= 4 is 5.91 Å². The molecule has 0 atom stereocenters. The first-order chi connectivity index (χ1) is 11.6. The molecule has 0 spiro atoms. The van der Waals surface area contributed by atoms with Crippen LogP contribution in [-0.4, -0.2) is 34.1 Å². The molecule has 4 heteroatoms. The predicted octanol–water partition coefficient (Wildman–Crippen LogP) is 3.05. The van der Waals surface area contributed by atoms with Crippen molar-refractivity contribution < 1.29 is 4.79 Å². The zero-order valence-corrected chi connectivity index (χ0v) is 14.3. The minimum absolute atomic E-state index is 0.00883. The second-order valence-electron chi connectivity index (χ2n) is 6.63. The molecule has 0 bridgehead atoms. The molecule has 0 aliphatic heterocycles. The molecule has 0 radical (unpaired) electrons. The number of aromatic nitrogens is 2. The Morgan fingerprint density at radius 3 is 2.83 bits per heavy atom. The van der Waals surface area contributed by atoms with E-state index in [2.05, 4.69) is 35.9 Å². The zero-order chi connectivity index (χ0) is 16.9. The van der Waals surface area contributed by atoms with E-state index in [9.17, 15) is 4.79 Å². The summed E-state index contributed by atoms with van der Waals surface area (Å²) in [6.07, 6.45) is 3.04. The molecule has 0 saturated carbocycles. The third-order valence-electron chi connectivity index (χ3n) is 4.16. The minimum Gasteiger partial charge on any atom is -0.326 e. The van der Waals surface area contributed by atoms with E-state index in [1.807, 2.05) is 35.2 Å². The first-order valence-electron chi connectivity index (χ1n) is 8.54. The van der Waals surface area contributed by atoms with Gasteiger partial charge in [-0.15, -0.1) is 0 Å². The second kappa shape index (κ2) is 7.35. The molecule has 1 aromatic heterocycles. The van der Waals surface area contributed by atoms with Gasteiger partial charge in [0.1, 0.15) is 0 Å². The summed E-state index contributed by atoms with van der Waals surface area (Å²) >= 11 is 0. The van der Waals surface area contributed by atoms with Crippen LogP contribution in [0.3, 0.4) is 0 Å². The third kappa shape index (κ3) is 3.68. The Labute approximate surface area is 143 Å². The number of amides is 1. The number of hydrogen-bond acceptors (Lipinski definition) is 2. The molecule has 1 aromatic carbocycles. The van der Waals surface area contributed by atoms with Crippen molar-refractivity contribution in [1.82, 2.24) is 15.1 Å². The van der Waals surface area contributed by atoms with E-state index in [1.54, 1.807) is 0 Å². The molecule has 1 heterocycles. The van der Waals surface area contributed by atoms with Crippen molar-refractivity contribution in [2.24, 2.45) is 5.92 Å². The highest BCUT2D eigenvalue weighted by molar-refractivity contribution is 5.94. The summed E-state index contributed by atoms with van der Waals surface area (Å²) in [7, 11) is 0. The molecule has 0 unspecified atom stereocenters. The van der Waals surface area contributed by atoms with Gasteiger partial charge in [0.15, 0.2) is 5.69 Å². The van der Waals surface area contributed by atoms with E-state index in [-0.39, 0.29) is 5.91 Å². The maximum atomic E-state index is 12.9. The quantitative estimate of drug-likeness (QED) is 0.880. The normalized spacial score (nSPS) is 12.6. The SMILES string of the molecule is CC(C)CN(CC#Cc1ccccc1)C(=O)c1n[nH]c2c1CCC2. The number of fused-ring (bicyclic) bond motifs is 1. The Kier molecular flexibility index (Phi) is 5.00. The van der Waals surface area contributed by atoms with Gasteiger partial charge < -0.3 is 4.90 Å². The number of H-pyrrole nitrogens is 1. The van der Waals surface area contributed by atoms with Crippen LogP contribution in [-0.2, 0) is 12.8 Å². The monoisotopic (exact) mass is 321 g/mol. The summed E-state index contributed by atoms with van der Waals surface area (Å²) in [5, 5.41) is 7.29. The number of rotatable bonds is 4. The van der Waals surface area contributed by atoms with Gasteiger partial charge in [-0.1, -0.05) is 43.9 Å². The fourth-order valence-electron chi connectivity index (χ4n) is 3.06. The Morgan fingerprint density at radius 1 is 1.29 bits per heavy atom. The molecule has 0 fully saturated rings. The van der Waals surface area contributed by atoms with E-state index < -0.39 is 0 Å². The lowest BCUT2D eigenvalue weighted by Gasteiger charge is -2.21. The first kappa shape index (κ1) is 16.3. The van der Waals surface area contributed by atoms with Crippen LogP contribution in [0.1, 0.15) is 47.6 Å². The van der Waals surface area contributed by atoms with Crippen LogP contribution in [0.15, 0.2) is 30.3 Å². The second-order valence-corrected chi connectivity index (χ2v) is 6.63. The van der Waals surface area contributed by atoms with Crippen molar-refractivity contribution in [1.29, 1.82) is 0 Å². The van der Waals surface area contributed by atoms with Crippen molar-refractivity contribution in [3.05, 3.63) is 52.8 Å². The van der Waals surface area contributed by atoms with Gasteiger partial charge >= 0.3 is 0 Å². The van der Waals surface area contributed by atoms with E-state index in [1.165, 1.54) is 0 Å². The van der Waals surface area contributed by atoms with Crippen LogP contribution < -0.4 is 0 Å². The summed E-state index contributed by atoms with van der Waals surface area (Å²) in [5.74, 6) is 6.64. The lowest BCUT2D eigenvalue weighted by atomic mass is 10.1. The van der Waals surface area contributed by atoms with Gasteiger partial charge in [0.25, 0.3) is 5.91 Å². The molecule has 4 nitrogen and oxygen atoms in total. The van der Waals surface area contributed by atoms with Gasteiger partial charge in [-0.05, 0) is 37.3 Å². The van der Waals surface area contributed by atoms with Crippen molar-refractivity contribution in [2.75, 3.05) is 13.1 Å². The van der Waals surface area contributed by atoms with Gasteiger partial charge in [0, 0.05) is 23.4 Å². The molecular weight excluding hydrogens is 298 g/mol. The van der Waals surface area contributed by atoms with Gasteiger partial charge in [0.05, 0.1) is 6.54 Å². The van der Waals surface area contributed by atoms with Crippen LogP contribution in [0.2, 0.25) is 0 Å². The maximum Gasteiger partial charge on any atom is 0.275 e. The Hall–Kier alpha value is -2.54. The van der Waals surface area contributed by atoms with Crippen LogP contribution >= 0.6 is 0 Å². The summed E-state index contributed by atoms with van der Waals surface area (Å²) in [6.45, 7) is 5.33. The van der Waals surface area contributed by atoms with E-state index in [0.29, 0.717) is 24.7 Å². The summed E-state index contributed by atoms with van der Waals surface area (Å²) in [5.41, 5.74) is 3.78. The van der Waals surface area contributed by atoms with Gasteiger partial charge in [0.2, 0.25) is 0 Å². The number of aromatic amines is 1. The number of nitrogens with zero attached hydrogens (tertiary/aromatic N) is 2. The third-order valence-corrected chi connectivity index (χ3v) is 4.16. The van der Waals surface area contributed by atoms with E-state index in [0.717, 1.165) is 36.1 Å².